The van der Waals surface area contributed by atoms with Crippen LogP contribution in [0, 0.1) is 11.3 Å². The van der Waals surface area contributed by atoms with E-state index < -0.39 is 15.9 Å². The van der Waals surface area contributed by atoms with Gasteiger partial charge in [0.1, 0.15) is 12.3 Å². The molecular weight excluding hydrogens is 366 g/mol. The summed E-state index contributed by atoms with van der Waals surface area (Å²) in [6, 6.07) is 15.5. The molecule has 2 aromatic rings. The van der Waals surface area contributed by atoms with Crippen LogP contribution in [0.4, 0.5) is 5.69 Å². The number of sulfonamides is 1. The maximum absolute atomic E-state index is 12.2. The Kier molecular flexibility index (Phi) is 6.79. The van der Waals surface area contributed by atoms with Gasteiger partial charge in [0, 0.05) is 6.54 Å². The predicted molar refractivity (Wildman–Crippen MR) is 103 cm³/mol. The predicted octanol–water partition coefficient (Wildman–Crippen LogP) is 1.69. The second-order valence-electron chi connectivity index (χ2n) is 5.88. The van der Waals surface area contributed by atoms with Gasteiger partial charge in [-0.3, -0.25) is 9.10 Å². The molecule has 1 N–H and O–H groups in total. The number of rotatable bonds is 8. The minimum Gasteiger partial charge on any atom is -0.497 e. The fraction of sp³-hybridized carbons (Fsp3) is 0.263. The molecule has 0 unspecified atom stereocenters. The van der Waals surface area contributed by atoms with E-state index in [0.717, 1.165) is 21.9 Å². The Bertz CT molecular complexity index is 917. The number of ether oxygens (including phenoxy) is 1. The van der Waals surface area contributed by atoms with Gasteiger partial charge in [0.05, 0.1) is 30.7 Å². The molecule has 7 nitrogen and oxygen atoms in total. The zero-order valence-corrected chi connectivity index (χ0v) is 16.0. The zero-order chi connectivity index (χ0) is 19.9. The molecule has 0 aliphatic carbocycles. The third kappa shape index (κ3) is 6.01. The lowest BCUT2D eigenvalue weighted by Gasteiger charge is -2.22. The molecular formula is C19H21N3O4S. The number of nitrogens with zero attached hydrogens (tertiary/aromatic N) is 2. The van der Waals surface area contributed by atoms with E-state index in [1.807, 2.05) is 30.3 Å². The van der Waals surface area contributed by atoms with Gasteiger partial charge in [0.2, 0.25) is 15.9 Å². The smallest absolute Gasteiger partial charge is 0.240 e. The monoisotopic (exact) mass is 387 g/mol. The summed E-state index contributed by atoms with van der Waals surface area (Å²) in [5.41, 5.74) is 1.78. The quantitative estimate of drug-likeness (QED) is 0.743. The van der Waals surface area contributed by atoms with Crippen molar-refractivity contribution in [3.63, 3.8) is 0 Å². The van der Waals surface area contributed by atoms with Gasteiger partial charge in [-0.15, -0.1) is 0 Å². The number of hydrogen-bond donors (Lipinski definition) is 1. The first-order valence-corrected chi connectivity index (χ1v) is 10.1. The maximum atomic E-state index is 12.2. The second kappa shape index (κ2) is 9.05. The number of methoxy groups -OCH3 is 1. The van der Waals surface area contributed by atoms with Crippen LogP contribution in [0.1, 0.15) is 11.1 Å². The lowest BCUT2D eigenvalue weighted by molar-refractivity contribution is -0.119. The van der Waals surface area contributed by atoms with Crippen molar-refractivity contribution in [2.45, 2.75) is 6.42 Å². The van der Waals surface area contributed by atoms with Gasteiger partial charge in [-0.25, -0.2) is 8.42 Å². The van der Waals surface area contributed by atoms with E-state index in [1.165, 1.54) is 24.3 Å². The van der Waals surface area contributed by atoms with Crippen LogP contribution in [0.5, 0.6) is 5.75 Å². The Morgan fingerprint density at radius 1 is 1.15 bits per heavy atom. The molecule has 0 bridgehead atoms. The van der Waals surface area contributed by atoms with E-state index in [0.29, 0.717) is 24.2 Å². The molecule has 0 fully saturated rings. The van der Waals surface area contributed by atoms with Gasteiger partial charge in [-0.05, 0) is 48.4 Å². The summed E-state index contributed by atoms with van der Waals surface area (Å²) in [7, 11) is -2.05. The minimum atomic E-state index is -3.64. The van der Waals surface area contributed by atoms with Crippen LogP contribution in [-0.4, -0.2) is 40.8 Å². The molecule has 1 amide bonds. The second-order valence-corrected chi connectivity index (χ2v) is 7.78. The number of benzene rings is 2. The fourth-order valence-corrected chi connectivity index (χ4v) is 3.28. The summed E-state index contributed by atoms with van der Waals surface area (Å²) < 4.78 is 30.2. The Labute approximate surface area is 159 Å². The minimum absolute atomic E-state index is 0.326. The van der Waals surface area contributed by atoms with Gasteiger partial charge < -0.3 is 10.1 Å². The fourth-order valence-electron chi connectivity index (χ4n) is 2.43. The number of anilines is 1. The number of amides is 1. The molecule has 0 heterocycles. The highest BCUT2D eigenvalue weighted by atomic mass is 32.2. The maximum Gasteiger partial charge on any atom is 0.240 e. The molecule has 2 aromatic carbocycles. The molecule has 0 radical (unpaired) electrons. The van der Waals surface area contributed by atoms with Gasteiger partial charge >= 0.3 is 0 Å². The molecule has 142 valence electrons. The van der Waals surface area contributed by atoms with Gasteiger partial charge in [-0.2, -0.15) is 5.26 Å². The Morgan fingerprint density at radius 3 is 2.30 bits per heavy atom. The third-order valence-corrected chi connectivity index (χ3v) is 5.01. The van der Waals surface area contributed by atoms with Crippen LogP contribution < -0.4 is 14.4 Å². The summed E-state index contributed by atoms with van der Waals surface area (Å²) in [5.74, 6) is 0.354. The van der Waals surface area contributed by atoms with Crippen molar-refractivity contribution in [3.8, 4) is 11.8 Å². The van der Waals surface area contributed by atoms with Gasteiger partial charge in [-0.1, -0.05) is 12.1 Å². The summed E-state index contributed by atoms with van der Waals surface area (Å²) in [6.45, 7) is 0.0590. The summed E-state index contributed by atoms with van der Waals surface area (Å²) in [6.07, 6.45) is 1.65. The summed E-state index contributed by atoms with van der Waals surface area (Å²) >= 11 is 0. The number of carbonyl (C=O) groups is 1. The van der Waals surface area contributed by atoms with Crippen molar-refractivity contribution in [2.24, 2.45) is 0 Å². The van der Waals surface area contributed by atoms with E-state index in [-0.39, 0.29) is 6.54 Å². The largest absolute Gasteiger partial charge is 0.497 e. The number of hydrogen-bond acceptors (Lipinski definition) is 5. The van der Waals surface area contributed by atoms with Crippen LogP contribution in [0.2, 0.25) is 0 Å². The summed E-state index contributed by atoms with van der Waals surface area (Å²) in [4.78, 5) is 12.2. The molecule has 0 atom stereocenters. The van der Waals surface area contributed by atoms with E-state index >= 15 is 0 Å². The average Bonchev–Trinajstić information content (AvgIpc) is 2.66. The average molecular weight is 387 g/mol. The molecule has 0 spiro atoms. The number of nitrogens with one attached hydrogen (secondary N) is 1. The first-order valence-electron chi connectivity index (χ1n) is 8.21. The molecule has 0 saturated carbocycles. The molecule has 0 aliphatic heterocycles. The number of nitriles is 1. The topological polar surface area (TPSA) is 99.5 Å². The van der Waals surface area contributed by atoms with Crippen molar-refractivity contribution in [1.29, 1.82) is 5.26 Å². The van der Waals surface area contributed by atoms with Crippen LogP contribution >= 0.6 is 0 Å². The third-order valence-electron chi connectivity index (χ3n) is 3.87. The first-order chi connectivity index (χ1) is 12.8. The van der Waals surface area contributed by atoms with E-state index in [4.69, 9.17) is 10.00 Å². The summed E-state index contributed by atoms with van der Waals surface area (Å²) in [5, 5.41) is 11.6. The molecule has 8 heteroatoms. The highest BCUT2D eigenvalue weighted by Crippen LogP contribution is 2.18. The van der Waals surface area contributed by atoms with Crippen LogP contribution in [0.15, 0.2) is 48.5 Å². The van der Waals surface area contributed by atoms with Crippen LogP contribution in [-0.2, 0) is 21.2 Å². The van der Waals surface area contributed by atoms with Crippen molar-refractivity contribution in [1.82, 2.24) is 5.32 Å². The van der Waals surface area contributed by atoms with Crippen LogP contribution in [0.25, 0.3) is 0 Å². The molecule has 0 aliphatic rings. The number of carbonyl (C=O) groups excluding carboxylic acids is 1. The first kappa shape index (κ1) is 20.3. The van der Waals surface area contributed by atoms with Gasteiger partial charge in [0.15, 0.2) is 0 Å². The van der Waals surface area contributed by atoms with Gasteiger partial charge in [0.25, 0.3) is 0 Å². The normalized spacial score (nSPS) is 10.7. The highest BCUT2D eigenvalue weighted by Gasteiger charge is 2.20. The van der Waals surface area contributed by atoms with Crippen LogP contribution in [0.3, 0.4) is 0 Å². The lowest BCUT2D eigenvalue weighted by Crippen LogP contribution is -2.40. The molecule has 0 saturated heterocycles. The Balaban J connectivity index is 1.96. The van der Waals surface area contributed by atoms with E-state index in [9.17, 15) is 13.2 Å². The van der Waals surface area contributed by atoms with Crippen molar-refractivity contribution >= 4 is 21.6 Å². The van der Waals surface area contributed by atoms with Crippen molar-refractivity contribution in [3.05, 3.63) is 59.7 Å². The molecule has 0 aromatic heterocycles. The standard InChI is InChI=1S/C19H21N3O4S/c1-26-18-9-5-15(6-10-18)11-12-21-19(23)14-22(27(2,24)25)17-7-3-16(13-20)4-8-17/h3-10H,11-12,14H2,1-2H3,(H,21,23). The Hall–Kier alpha value is -3.05. The lowest BCUT2D eigenvalue weighted by atomic mass is 10.1. The Morgan fingerprint density at radius 2 is 1.78 bits per heavy atom. The molecule has 2 rings (SSSR count). The van der Waals surface area contributed by atoms with Crippen molar-refractivity contribution < 1.29 is 17.9 Å². The van der Waals surface area contributed by atoms with E-state index in [2.05, 4.69) is 5.32 Å². The highest BCUT2D eigenvalue weighted by molar-refractivity contribution is 7.92. The zero-order valence-electron chi connectivity index (χ0n) is 15.2. The molecule has 27 heavy (non-hydrogen) atoms. The SMILES string of the molecule is COc1ccc(CCNC(=O)CN(c2ccc(C#N)cc2)S(C)(=O)=O)cc1. The van der Waals surface area contributed by atoms with E-state index in [1.54, 1.807) is 7.11 Å². The van der Waals surface area contributed by atoms with Crippen molar-refractivity contribution in [2.75, 3.05) is 30.8 Å².